The van der Waals surface area contributed by atoms with Crippen LogP contribution in [0.1, 0.15) is 27.0 Å². The number of hydrogen-bond acceptors (Lipinski definition) is 3. The number of phenols is 1. The standard InChI is InChI=1S/C17H13F3O3/c1-3-11-9-13(17(18,19)20)10(2)14(15(11)21)16(22)23-12-7-5-4-6-8-12/h3-9,21H,1H2,2H3. The molecule has 2 aromatic rings. The summed E-state index contributed by atoms with van der Waals surface area (Å²) in [6.07, 6.45) is -3.62. The second kappa shape index (κ2) is 6.16. The monoisotopic (exact) mass is 322 g/mol. The molecule has 0 heterocycles. The van der Waals surface area contributed by atoms with Crippen LogP contribution in [-0.2, 0) is 6.18 Å². The highest BCUT2D eigenvalue weighted by Gasteiger charge is 2.36. The van der Waals surface area contributed by atoms with Crippen molar-refractivity contribution in [3.8, 4) is 11.5 Å². The maximum atomic E-state index is 13.1. The van der Waals surface area contributed by atoms with Crippen molar-refractivity contribution in [2.45, 2.75) is 13.1 Å². The van der Waals surface area contributed by atoms with Crippen LogP contribution < -0.4 is 4.74 Å². The van der Waals surface area contributed by atoms with Gasteiger partial charge in [0.2, 0.25) is 0 Å². The Hall–Kier alpha value is -2.76. The molecule has 0 aliphatic carbocycles. The zero-order valence-corrected chi connectivity index (χ0v) is 12.1. The predicted molar refractivity (Wildman–Crippen MR) is 79.3 cm³/mol. The van der Waals surface area contributed by atoms with E-state index in [1.165, 1.54) is 12.1 Å². The molecule has 0 spiro atoms. The van der Waals surface area contributed by atoms with Crippen molar-refractivity contribution in [1.82, 2.24) is 0 Å². The first kappa shape index (κ1) is 16.6. The van der Waals surface area contributed by atoms with Gasteiger partial charge in [-0.25, -0.2) is 4.79 Å². The topological polar surface area (TPSA) is 46.5 Å². The van der Waals surface area contributed by atoms with Gasteiger partial charge in [0, 0.05) is 5.56 Å². The summed E-state index contributed by atoms with van der Waals surface area (Å²) in [6, 6.07) is 8.61. The molecule has 0 aromatic heterocycles. The number of carbonyl (C=O) groups is 1. The van der Waals surface area contributed by atoms with Gasteiger partial charge in [0.05, 0.1) is 5.56 Å². The Morgan fingerprint density at radius 2 is 1.87 bits per heavy atom. The van der Waals surface area contributed by atoms with Gasteiger partial charge in [0.25, 0.3) is 0 Å². The molecule has 6 heteroatoms. The van der Waals surface area contributed by atoms with Crippen LogP contribution in [-0.4, -0.2) is 11.1 Å². The SMILES string of the molecule is C=Cc1cc(C(F)(F)F)c(C)c(C(=O)Oc2ccccc2)c1O. The van der Waals surface area contributed by atoms with E-state index in [0.29, 0.717) is 0 Å². The first-order valence-electron chi connectivity index (χ1n) is 6.59. The van der Waals surface area contributed by atoms with Crippen molar-refractivity contribution in [3.05, 3.63) is 65.2 Å². The van der Waals surface area contributed by atoms with Gasteiger partial charge in [-0.2, -0.15) is 13.2 Å². The third-order valence-corrected chi connectivity index (χ3v) is 3.27. The molecular weight excluding hydrogens is 309 g/mol. The van der Waals surface area contributed by atoms with E-state index >= 15 is 0 Å². The average molecular weight is 322 g/mol. The second-order valence-electron chi connectivity index (χ2n) is 4.77. The Morgan fingerprint density at radius 1 is 1.26 bits per heavy atom. The molecule has 23 heavy (non-hydrogen) atoms. The van der Waals surface area contributed by atoms with Gasteiger partial charge in [-0.05, 0) is 30.7 Å². The van der Waals surface area contributed by atoms with E-state index < -0.39 is 34.6 Å². The van der Waals surface area contributed by atoms with Crippen molar-refractivity contribution in [2.75, 3.05) is 0 Å². The summed E-state index contributed by atoms with van der Waals surface area (Å²) in [4.78, 5) is 12.2. The minimum atomic E-state index is -4.67. The lowest BCUT2D eigenvalue weighted by Crippen LogP contribution is -2.16. The molecule has 0 unspecified atom stereocenters. The molecule has 0 aliphatic rings. The van der Waals surface area contributed by atoms with Crippen molar-refractivity contribution in [1.29, 1.82) is 0 Å². The van der Waals surface area contributed by atoms with Gasteiger partial charge in [0.15, 0.2) is 0 Å². The Bertz CT molecular complexity index is 750. The number of esters is 1. The highest BCUT2D eigenvalue weighted by Crippen LogP contribution is 2.39. The van der Waals surface area contributed by atoms with E-state index in [2.05, 4.69) is 6.58 Å². The smallest absolute Gasteiger partial charge is 0.416 e. The molecule has 0 fully saturated rings. The number of benzene rings is 2. The molecule has 0 amide bonds. The third kappa shape index (κ3) is 3.36. The first-order valence-corrected chi connectivity index (χ1v) is 6.59. The average Bonchev–Trinajstić information content (AvgIpc) is 2.47. The minimum Gasteiger partial charge on any atom is -0.506 e. The van der Waals surface area contributed by atoms with Crippen LogP contribution in [0.15, 0.2) is 43.0 Å². The molecular formula is C17H13F3O3. The summed E-state index contributed by atoms with van der Waals surface area (Å²) < 4.78 is 44.3. The number of hydrogen-bond donors (Lipinski definition) is 1. The fourth-order valence-corrected chi connectivity index (χ4v) is 2.14. The van der Waals surface area contributed by atoms with Crippen LogP contribution in [0.4, 0.5) is 13.2 Å². The molecule has 2 rings (SSSR count). The zero-order valence-electron chi connectivity index (χ0n) is 12.1. The van der Waals surface area contributed by atoms with Crippen LogP contribution in [0.2, 0.25) is 0 Å². The van der Waals surface area contributed by atoms with Crippen molar-refractivity contribution >= 4 is 12.0 Å². The van der Waals surface area contributed by atoms with E-state index in [1.807, 2.05) is 0 Å². The van der Waals surface area contributed by atoms with E-state index in [4.69, 9.17) is 4.74 Å². The number of carbonyl (C=O) groups excluding carboxylic acids is 1. The highest BCUT2D eigenvalue weighted by molar-refractivity contribution is 5.97. The molecule has 0 atom stereocenters. The number of alkyl halides is 3. The van der Waals surface area contributed by atoms with Crippen LogP contribution in [0, 0.1) is 6.92 Å². The highest BCUT2D eigenvalue weighted by atomic mass is 19.4. The first-order chi connectivity index (χ1) is 10.8. The maximum Gasteiger partial charge on any atom is 0.416 e. The summed E-state index contributed by atoms with van der Waals surface area (Å²) in [6.45, 7) is 4.46. The quantitative estimate of drug-likeness (QED) is 0.664. The van der Waals surface area contributed by atoms with Crippen molar-refractivity contribution < 1.29 is 27.8 Å². The fourth-order valence-electron chi connectivity index (χ4n) is 2.14. The number of para-hydroxylation sites is 1. The van der Waals surface area contributed by atoms with Gasteiger partial charge in [-0.1, -0.05) is 30.9 Å². The molecule has 0 saturated heterocycles. The molecule has 1 N–H and O–H groups in total. The van der Waals surface area contributed by atoms with Crippen LogP contribution in [0.5, 0.6) is 11.5 Å². The van der Waals surface area contributed by atoms with Crippen LogP contribution in [0.3, 0.4) is 0 Å². The van der Waals surface area contributed by atoms with E-state index in [-0.39, 0.29) is 11.3 Å². The summed E-state index contributed by atoms with van der Waals surface area (Å²) >= 11 is 0. The summed E-state index contributed by atoms with van der Waals surface area (Å²) in [7, 11) is 0. The number of aromatic hydroxyl groups is 1. The molecule has 0 bridgehead atoms. The number of phenolic OH excluding ortho intramolecular Hbond substituents is 1. The Morgan fingerprint density at radius 3 is 2.39 bits per heavy atom. The normalized spacial score (nSPS) is 11.1. The van der Waals surface area contributed by atoms with Gasteiger partial charge in [0.1, 0.15) is 17.1 Å². The maximum absolute atomic E-state index is 13.1. The van der Waals surface area contributed by atoms with Gasteiger partial charge >= 0.3 is 12.1 Å². The summed E-state index contributed by atoms with van der Waals surface area (Å²) in [5.74, 6) is -1.50. The van der Waals surface area contributed by atoms with Gasteiger partial charge < -0.3 is 9.84 Å². The minimum absolute atomic E-state index is 0.161. The zero-order chi connectivity index (χ0) is 17.2. The van der Waals surface area contributed by atoms with Crippen LogP contribution >= 0.6 is 0 Å². The van der Waals surface area contributed by atoms with E-state index in [0.717, 1.165) is 19.1 Å². The van der Waals surface area contributed by atoms with Gasteiger partial charge in [-0.15, -0.1) is 0 Å². The molecule has 0 radical (unpaired) electrons. The molecule has 0 saturated carbocycles. The third-order valence-electron chi connectivity index (χ3n) is 3.27. The van der Waals surface area contributed by atoms with Crippen molar-refractivity contribution in [3.63, 3.8) is 0 Å². The second-order valence-corrected chi connectivity index (χ2v) is 4.77. The largest absolute Gasteiger partial charge is 0.506 e. The van der Waals surface area contributed by atoms with Crippen LogP contribution in [0.25, 0.3) is 6.08 Å². The summed E-state index contributed by atoms with van der Waals surface area (Å²) in [5, 5.41) is 10.1. The molecule has 0 aliphatic heterocycles. The number of rotatable bonds is 3. The van der Waals surface area contributed by atoms with E-state index in [1.54, 1.807) is 18.2 Å². The fraction of sp³-hybridized carbons (Fsp3) is 0.118. The predicted octanol–water partition coefficient (Wildman–Crippen LogP) is 4.58. The lowest BCUT2D eigenvalue weighted by molar-refractivity contribution is -0.138. The Kier molecular flexibility index (Phi) is 4.45. The Balaban J connectivity index is 2.56. The number of halogens is 3. The van der Waals surface area contributed by atoms with Gasteiger partial charge in [-0.3, -0.25) is 0 Å². The molecule has 120 valence electrons. The van der Waals surface area contributed by atoms with Crippen molar-refractivity contribution in [2.24, 2.45) is 0 Å². The molecule has 3 nitrogen and oxygen atoms in total. The lowest BCUT2D eigenvalue weighted by Gasteiger charge is -2.17. The Labute approximate surface area is 130 Å². The molecule has 2 aromatic carbocycles. The van der Waals surface area contributed by atoms with E-state index in [9.17, 15) is 23.1 Å². The lowest BCUT2D eigenvalue weighted by atomic mass is 9.96. The summed E-state index contributed by atoms with van der Waals surface area (Å²) in [5.41, 5.74) is -2.15. The number of ether oxygens (including phenoxy) is 1.